The average Bonchev–Trinajstić information content (AvgIpc) is 1.48. The third kappa shape index (κ3) is 9.12. The van der Waals surface area contributed by atoms with Crippen molar-refractivity contribution in [2.75, 3.05) is 9.80 Å². The topological polar surface area (TPSA) is 110 Å². The van der Waals surface area contributed by atoms with Crippen molar-refractivity contribution < 1.29 is 0 Å². The highest BCUT2D eigenvalue weighted by Crippen LogP contribution is 2.68. The summed E-state index contributed by atoms with van der Waals surface area (Å²) in [4.78, 5) is 50.4. The summed E-state index contributed by atoms with van der Waals surface area (Å²) in [6.07, 6.45) is 3.76. The Bertz CT molecular complexity index is 6380. The van der Waals surface area contributed by atoms with Crippen LogP contribution in [0.2, 0.25) is 0 Å². The van der Waals surface area contributed by atoms with Crippen LogP contribution in [0.4, 0.5) is 34.4 Å². The fourth-order valence-electron chi connectivity index (χ4n) is 16.8. The first-order chi connectivity index (χ1) is 52.5. The predicted molar refractivity (Wildman–Crippen MR) is 435 cm³/mol. The second-order valence-corrected chi connectivity index (χ2v) is 30.7. The summed E-state index contributed by atoms with van der Waals surface area (Å²) < 4.78 is 0. The van der Waals surface area contributed by atoms with Gasteiger partial charge in [-0.3, -0.25) is 14.9 Å². The summed E-state index contributed by atoms with van der Waals surface area (Å²) in [5.74, 6) is 3.73. The molecule has 0 saturated heterocycles. The summed E-state index contributed by atoms with van der Waals surface area (Å²) in [6, 6.07) is 103. The van der Waals surface area contributed by atoms with Gasteiger partial charge in [0.15, 0.2) is 29.1 Å². The van der Waals surface area contributed by atoms with E-state index in [1.54, 1.807) is 0 Å². The maximum absolute atomic E-state index is 5.28. The number of thiophene rings is 4. The highest BCUT2D eigenvalue weighted by Gasteiger charge is 2.55. The van der Waals surface area contributed by atoms with Gasteiger partial charge in [-0.2, -0.15) is 9.97 Å². The Hall–Kier alpha value is -12.8. The van der Waals surface area contributed by atoms with Crippen molar-refractivity contribution in [3.63, 3.8) is 0 Å². The van der Waals surface area contributed by atoms with E-state index in [0.29, 0.717) is 35.1 Å². The molecule has 0 atom stereocenters. The summed E-state index contributed by atoms with van der Waals surface area (Å²) in [5, 5.41) is 16.0. The first kappa shape index (κ1) is 60.7. The zero-order chi connectivity index (χ0) is 69.6. The fraction of sp³-hybridized carbons (Fsp3) is 0.0217. The summed E-state index contributed by atoms with van der Waals surface area (Å²) in [7, 11) is 0. The van der Waals surface area contributed by atoms with Gasteiger partial charge in [0.25, 0.3) is 0 Å². The second-order valence-electron chi connectivity index (χ2n) is 27.0. The smallest absolute Gasteiger partial charge is 0.238 e. The zero-order valence-corrected chi connectivity index (χ0v) is 59.5. The summed E-state index contributed by atoms with van der Waals surface area (Å²) in [6.45, 7) is 0. The number of pyridine rings is 2. The fourth-order valence-corrected chi connectivity index (χ4v) is 21.0. The maximum Gasteiger partial charge on any atom is 0.238 e. The molecule has 8 aromatic heterocycles. The van der Waals surface area contributed by atoms with Crippen LogP contribution in [-0.2, 0) is 10.8 Å². The highest BCUT2D eigenvalue weighted by molar-refractivity contribution is 7.21. The van der Waals surface area contributed by atoms with Crippen molar-refractivity contribution in [1.29, 1.82) is 0 Å². The Morgan fingerprint density at radius 3 is 0.906 bits per heavy atom. The number of hydrogen-bond donors (Lipinski definition) is 0. The van der Waals surface area contributed by atoms with E-state index in [2.05, 4.69) is 213 Å². The van der Waals surface area contributed by atoms with Crippen LogP contribution >= 0.6 is 45.3 Å². The van der Waals surface area contributed by atoms with Gasteiger partial charge >= 0.3 is 0 Å². The van der Waals surface area contributed by atoms with E-state index in [4.69, 9.17) is 39.9 Å². The van der Waals surface area contributed by atoms with Gasteiger partial charge in [-0.1, -0.05) is 182 Å². The Labute approximate surface area is 625 Å². The lowest BCUT2D eigenvalue weighted by Crippen LogP contribution is -2.36. The Balaban J connectivity index is 0.000000133. The third-order valence-electron chi connectivity index (χ3n) is 21.4. The van der Waals surface area contributed by atoms with Crippen LogP contribution in [0.25, 0.3) is 120 Å². The van der Waals surface area contributed by atoms with Crippen LogP contribution in [-0.4, -0.2) is 39.9 Å². The van der Waals surface area contributed by atoms with Gasteiger partial charge in [0.05, 0.1) is 44.6 Å². The first-order valence-corrected chi connectivity index (χ1v) is 38.7. The Kier molecular flexibility index (Phi) is 13.7. The standard InChI is InChI=1S/C49H29N5S2.C43H25N5S2/c1-3-10-30(11-4-1)46-51-47(31-12-5-2-6-13-31)53-48(52-46)32-17-19-36(20-18-32)54-42-28-34-15-8-7-14-33(34)26-39(42)49(37-21-24-55-44(37)45-38(49)22-25-56-45)40-27-35-16-9-23-50-41(35)29-43(40)54;1-3-10-26(11-4-1)40-45-41(27-12-5-2-6-13-27)47-42(46-40)48-36-24-29-15-8-7-14-28(29)22-33(36)43(31-17-20-49-38(31)39-32(43)18-21-50-39)34-23-30-16-9-19-44-35(30)25-37(34)48/h1-29H;1-25H. The molecule has 23 rings (SSSR count). The van der Waals surface area contributed by atoms with Crippen molar-refractivity contribution in [2.45, 2.75) is 10.8 Å². The summed E-state index contributed by atoms with van der Waals surface area (Å²) in [5.41, 5.74) is 21.3. The highest BCUT2D eigenvalue weighted by atomic mass is 32.1. The quantitative estimate of drug-likeness (QED) is 0.153. The lowest BCUT2D eigenvalue weighted by molar-refractivity contribution is 0.755. The molecule has 2 spiro atoms. The lowest BCUT2D eigenvalue weighted by Gasteiger charge is -2.45. The Morgan fingerprint density at radius 2 is 0.528 bits per heavy atom. The lowest BCUT2D eigenvalue weighted by atomic mass is 9.65. The molecule has 0 saturated carbocycles. The van der Waals surface area contributed by atoms with Crippen LogP contribution < -0.4 is 9.80 Å². The molecule has 11 aromatic carbocycles. The molecule has 0 bridgehead atoms. The van der Waals surface area contributed by atoms with Gasteiger partial charge in [0.1, 0.15) is 0 Å². The SMILES string of the molecule is c1ccc(-c2nc(-c3ccccc3)nc(-c3ccc(N4c5cc6ccccc6cc5C5(c6cc7cccnc7cc64)c4ccsc4-c4sccc45)cc3)n2)cc1.c1ccc(-c2nc(-c3ccccc3)nc(N3c4cc5ccccc5cc4C4(c5cc6cccnc6cc53)c3ccsc3-c3sccc34)n2)cc1. The maximum atomic E-state index is 5.28. The molecule has 14 heteroatoms. The molecule has 496 valence electrons. The minimum absolute atomic E-state index is 0.480. The van der Waals surface area contributed by atoms with Crippen molar-refractivity contribution in [3.8, 4) is 76.4 Å². The number of aromatic nitrogens is 8. The zero-order valence-electron chi connectivity index (χ0n) is 56.3. The van der Waals surface area contributed by atoms with Crippen LogP contribution in [0.5, 0.6) is 0 Å². The molecule has 0 radical (unpaired) electrons. The van der Waals surface area contributed by atoms with Gasteiger partial charge in [-0.15, -0.1) is 45.3 Å². The molecule has 2 aliphatic heterocycles. The van der Waals surface area contributed by atoms with Crippen LogP contribution in [0, 0.1) is 0 Å². The molecule has 0 amide bonds. The molecular formula is C92H54N10S4. The van der Waals surface area contributed by atoms with E-state index in [-0.39, 0.29) is 0 Å². The molecule has 10 heterocycles. The molecule has 0 N–H and O–H groups in total. The van der Waals surface area contributed by atoms with E-state index in [1.165, 1.54) is 80.2 Å². The van der Waals surface area contributed by atoms with Crippen LogP contribution in [0.1, 0.15) is 44.5 Å². The van der Waals surface area contributed by atoms with E-state index in [1.807, 2.05) is 167 Å². The second kappa shape index (κ2) is 23.9. The average molecular weight is 1430 g/mol. The number of nitrogens with zero attached hydrogens (tertiary/aromatic N) is 10. The minimum atomic E-state index is -0.530. The number of anilines is 6. The normalized spacial score (nSPS) is 13.6. The molecule has 19 aromatic rings. The van der Waals surface area contributed by atoms with Gasteiger partial charge in [-0.25, -0.2) is 19.9 Å². The molecule has 0 fully saturated rings. The van der Waals surface area contributed by atoms with Gasteiger partial charge in [0.2, 0.25) is 5.95 Å². The molecular weight excluding hydrogens is 1370 g/mol. The van der Waals surface area contributed by atoms with Crippen molar-refractivity contribution >= 4 is 123 Å². The van der Waals surface area contributed by atoms with E-state index in [9.17, 15) is 0 Å². The van der Waals surface area contributed by atoms with E-state index in [0.717, 1.165) is 83.4 Å². The van der Waals surface area contributed by atoms with Crippen LogP contribution in [0.15, 0.2) is 325 Å². The van der Waals surface area contributed by atoms with Gasteiger partial charge < -0.3 is 4.90 Å². The molecule has 0 unspecified atom stereocenters. The largest absolute Gasteiger partial charge is 0.310 e. The molecule has 2 aliphatic carbocycles. The van der Waals surface area contributed by atoms with Gasteiger partial charge in [0, 0.05) is 76.2 Å². The van der Waals surface area contributed by atoms with E-state index >= 15 is 0 Å². The molecule has 4 aliphatic rings. The van der Waals surface area contributed by atoms with Gasteiger partial charge in [-0.05, 0) is 197 Å². The predicted octanol–water partition coefficient (Wildman–Crippen LogP) is 24.0. The van der Waals surface area contributed by atoms with Crippen LogP contribution in [0.3, 0.4) is 0 Å². The monoisotopic (exact) mass is 1430 g/mol. The molecule has 10 nitrogen and oxygen atoms in total. The van der Waals surface area contributed by atoms with Crippen molar-refractivity contribution in [1.82, 2.24) is 39.9 Å². The van der Waals surface area contributed by atoms with Crippen molar-refractivity contribution in [2.24, 2.45) is 0 Å². The molecule has 106 heavy (non-hydrogen) atoms. The summed E-state index contributed by atoms with van der Waals surface area (Å²) >= 11 is 7.36. The van der Waals surface area contributed by atoms with Crippen molar-refractivity contribution in [3.05, 3.63) is 370 Å². The van der Waals surface area contributed by atoms with E-state index < -0.39 is 10.8 Å². The third-order valence-corrected chi connectivity index (χ3v) is 25.4. The Morgan fingerprint density at radius 1 is 0.236 bits per heavy atom. The number of benzene rings is 11. The number of fused-ring (bicyclic) bond motifs is 22. The minimum Gasteiger partial charge on any atom is -0.310 e. The first-order valence-electron chi connectivity index (χ1n) is 35.1. The number of hydrogen-bond acceptors (Lipinski definition) is 14. The number of rotatable bonds is 7.